The average Bonchev–Trinajstić information content (AvgIpc) is 2.45. The molecule has 0 aliphatic carbocycles. The molecule has 1 heterocycles. The van der Waals surface area contributed by atoms with Gasteiger partial charge in [-0.15, -0.1) is 0 Å². The summed E-state index contributed by atoms with van der Waals surface area (Å²) < 4.78 is 29.0. The van der Waals surface area contributed by atoms with E-state index in [4.69, 9.17) is 5.26 Å². The molecule has 0 aromatic carbocycles. The van der Waals surface area contributed by atoms with E-state index in [1.807, 2.05) is 6.07 Å². The van der Waals surface area contributed by atoms with Gasteiger partial charge in [0.1, 0.15) is 11.6 Å². The van der Waals surface area contributed by atoms with Gasteiger partial charge in [-0.3, -0.25) is 9.40 Å². The Hall–Kier alpha value is -1.59. The first kappa shape index (κ1) is 12.5. The molecule has 1 aromatic heterocycles. The molecular weight excluding hydrogens is 230 g/mol. The van der Waals surface area contributed by atoms with Crippen molar-refractivity contribution in [3.8, 4) is 6.07 Å². The zero-order chi connectivity index (χ0) is 12.3. The fourth-order valence-corrected chi connectivity index (χ4v) is 2.28. The van der Waals surface area contributed by atoms with Gasteiger partial charge in [-0.2, -0.15) is 23.5 Å². The fourth-order valence-electron chi connectivity index (χ4n) is 1.11. The average molecular weight is 243 g/mol. The van der Waals surface area contributed by atoms with E-state index in [2.05, 4.69) is 14.5 Å². The van der Waals surface area contributed by atoms with Crippen LogP contribution in [0.2, 0.25) is 0 Å². The Morgan fingerprint density at radius 1 is 1.56 bits per heavy atom. The summed E-state index contributed by atoms with van der Waals surface area (Å²) in [5.74, 6) is 0.149. The first-order valence-corrected chi connectivity index (χ1v) is 6.06. The van der Waals surface area contributed by atoms with Crippen LogP contribution < -0.4 is 9.44 Å². The molecule has 0 fully saturated rings. The Labute approximate surface area is 94.3 Å². The van der Waals surface area contributed by atoms with Gasteiger partial charge in [0.15, 0.2) is 5.82 Å². The highest BCUT2D eigenvalue weighted by molar-refractivity contribution is 7.90. The Morgan fingerprint density at radius 2 is 2.19 bits per heavy atom. The van der Waals surface area contributed by atoms with Crippen molar-refractivity contribution in [3.63, 3.8) is 0 Å². The molecule has 1 rings (SSSR count). The molecule has 8 heteroatoms. The number of rotatable bonds is 4. The lowest BCUT2D eigenvalue weighted by atomic mass is 10.4. The topological polar surface area (TPSA) is 99.8 Å². The predicted molar refractivity (Wildman–Crippen MR) is 58.7 cm³/mol. The third-order valence-corrected chi connectivity index (χ3v) is 2.92. The van der Waals surface area contributed by atoms with E-state index in [1.165, 1.54) is 10.9 Å². The lowest BCUT2D eigenvalue weighted by Gasteiger charge is -2.11. The number of anilines is 1. The van der Waals surface area contributed by atoms with Crippen LogP contribution in [0, 0.1) is 11.3 Å². The van der Waals surface area contributed by atoms with Crippen molar-refractivity contribution in [1.82, 2.24) is 14.5 Å². The largest absolute Gasteiger partial charge is 0.300 e. The summed E-state index contributed by atoms with van der Waals surface area (Å²) in [5, 5.41) is 12.5. The van der Waals surface area contributed by atoms with Crippen LogP contribution in [0.5, 0.6) is 0 Å². The van der Waals surface area contributed by atoms with Gasteiger partial charge in [0.2, 0.25) is 0 Å². The van der Waals surface area contributed by atoms with Crippen molar-refractivity contribution in [1.29, 1.82) is 5.26 Å². The zero-order valence-corrected chi connectivity index (χ0v) is 10.0. The maximum absolute atomic E-state index is 11.6. The molecule has 0 atom stereocenters. The molecule has 7 nitrogen and oxygen atoms in total. The molecule has 0 saturated heterocycles. The van der Waals surface area contributed by atoms with Crippen molar-refractivity contribution >= 4 is 16.0 Å². The van der Waals surface area contributed by atoms with Crippen molar-refractivity contribution in [2.24, 2.45) is 7.05 Å². The van der Waals surface area contributed by atoms with Crippen molar-refractivity contribution in [2.75, 3.05) is 4.72 Å². The lowest BCUT2D eigenvalue weighted by molar-refractivity contribution is 0.574. The van der Waals surface area contributed by atoms with Gasteiger partial charge in [-0.05, 0) is 13.8 Å². The molecule has 0 spiro atoms. The summed E-state index contributed by atoms with van der Waals surface area (Å²) in [5.41, 5.74) is 0.177. The van der Waals surface area contributed by atoms with Gasteiger partial charge in [-0.1, -0.05) is 0 Å². The third-order valence-electron chi connectivity index (χ3n) is 1.68. The molecule has 0 bridgehead atoms. The molecule has 0 radical (unpaired) electrons. The molecule has 2 N–H and O–H groups in total. The van der Waals surface area contributed by atoms with Crippen LogP contribution in [0.3, 0.4) is 0 Å². The highest BCUT2D eigenvalue weighted by atomic mass is 32.2. The monoisotopic (exact) mass is 243 g/mol. The van der Waals surface area contributed by atoms with Crippen LogP contribution in [0.25, 0.3) is 0 Å². The first-order chi connectivity index (χ1) is 7.35. The SMILES string of the molecule is CC(C)NS(=O)(=O)Nc1c(C#N)cnn1C. The van der Waals surface area contributed by atoms with E-state index < -0.39 is 10.2 Å². The smallest absolute Gasteiger partial charge is 0.254 e. The van der Waals surface area contributed by atoms with Gasteiger partial charge in [-0.25, -0.2) is 0 Å². The number of hydrogen-bond donors (Lipinski definition) is 2. The minimum Gasteiger partial charge on any atom is -0.254 e. The van der Waals surface area contributed by atoms with E-state index in [9.17, 15) is 8.42 Å². The van der Waals surface area contributed by atoms with Crippen molar-refractivity contribution in [3.05, 3.63) is 11.8 Å². The summed E-state index contributed by atoms with van der Waals surface area (Å²) >= 11 is 0. The maximum atomic E-state index is 11.6. The van der Waals surface area contributed by atoms with Gasteiger partial charge in [0.05, 0.1) is 6.20 Å². The van der Waals surface area contributed by atoms with Crippen LogP contribution in [-0.4, -0.2) is 24.2 Å². The predicted octanol–water partition coefficient (Wildman–Crippen LogP) is -0.0535. The van der Waals surface area contributed by atoms with Gasteiger partial charge < -0.3 is 0 Å². The number of hydrogen-bond acceptors (Lipinski definition) is 4. The van der Waals surface area contributed by atoms with E-state index in [1.54, 1.807) is 20.9 Å². The molecule has 0 amide bonds. The summed E-state index contributed by atoms with van der Waals surface area (Å²) in [7, 11) is -2.12. The Morgan fingerprint density at radius 3 is 2.69 bits per heavy atom. The van der Waals surface area contributed by atoms with Crippen LogP contribution in [0.4, 0.5) is 5.82 Å². The maximum Gasteiger partial charge on any atom is 0.300 e. The number of nitrogens with zero attached hydrogens (tertiary/aromatic N) is 3. The minimum absolute atomic E-state index is 0.149. The second kappa shape index (κ2) is 4.51. The molecule has 0 aliphatic heterocycles. The summed E-state index contributed by atoms with van der Waals surface area (Å²) in [4.78, 5) is 0. The molecule has 1 aromatic rings. The number of nitriles is 1. The van der Waals surface area contributed by atoms with E-state index in [0.717, 1.165) is 0 Å². The number of nitrogens with one attached hydrogen (secondary N) is 2. The van der Waals surface area contributed by atoms with Gasteiger partial charge in [0.25, 0.3) is 0 Å². The Kier molecular flexibility index (Phi) is 3.51. The molecule has 0 unspecified atom stereocenters. The van der Waals surface area contributed by atoms with Gasteiger partial charge in [0, 0.05) is 13.1 Å². The summed E-state index contributed by atoms with van der Waals surface area (Å²) in [6, 6.07) is 1.63. The molecule has 0 saturated carbocycles. The van der Waals surface area contributed by atoms with Crippen LogP contribution in [0.15, 0.2) is 6.20 Å². The third kappa shape index (κ3) is 2.95. The Balaban J connectivity index is 2.97. The highest BCUT2D eigenvalue weighted by Gasteiger charge is 2.16. The molecule has 88 valence electrons. The van der Waals surface area contributed by atoms with Crippen LogP contribution in [0.1, 0.15) is 19.4 Å². The standard InChI is InChI=1S/C8H13N5O2S/c1-6(2)11-16(14,15)12-8-7(4-9)5-10-13(8)3/h5-6,11-12H,1-3H3. The minimum atomic E-state index is -3.67. The molecule has 0 aliphatic rings. The fraction of sp³-hybridized carbons (Fsp3) is 0.500. The number of aromatic nitrogens is 2. The van der Waals surface area contributed by atoms with Crippen molar-refractivity contribution < 1.29 is 8.42 Å². The molecular formula is C8H13N5O2S. The summed E-state index contributed by atoms with van der Waals surface area (Å²) in [6.07, 6.45) is 1.30. The van der Waals surface area contributed by atoms with E-state index in [0.29, 0.717) is 0 Å². The van der Waals surface area contributed by atoms with E-state index in [-0.39, 0.29) is 17.4 Å². The second-order valence-corrected chi connectivity index (χ2v) is 4.97. The first-order valence-electron chi connectivity index (χ1n) is 4.58. The van der Waals surface area contributed by atoms with E-state index >= 15 is 0 Å². The molecule has 16 heavy (non-hydrogen) atoms. The van der Waals surface area contributed by atoms with Gasteiger partial charge >= 0.3 is 10.2 Å². The second-order valence-electron chi connectivity index (χ2n) is 3.52. The lowest BCUT2D eigenvalue weighted by Crippen LogP contribution is -2.35. The van der Waals surface area contributed by atoms with Crippen molar-refractivity contribution in [2.45, 2.75) is 19.9 Å². The Bertz CT molecular complexity index is 511. The highest BCUT2D eigenvalue weighted by Crippen LogP contribution is 2.13. The quantitative estimate of drug-likeness (QED) is 0.774. The van der Waals surface area contributed by atoms with Crippen LogP contribution in [-0.2, 0) is 17.3 Å². The zero-order valence-electron chi connectivity index (χ0n) is 9.22. The summed E-state index contributed by atoms with van der Waals surface area (Å²) in [6.45, 7) is 3.40. The normalized spacial score (nSPS) is 11.4. The van der Waals surface area contributed by atoms with Crippen LogP contribution >= 0.6 is 0 Å². The number of aryl methyl sites for hydroxylation is 1.